The van der Waals surface area contributed by atoms with Gasteiger partial charge in [-0.25, -0.2) is 0 Å². The van der Waals surface area contributed by atoms with Gasteiger partial charge in [-0.05, 0) is 39.8 Å². The molecule has 0 aliphatic heterocycles. The highest BCUT2D eigenvalue weighted by Crippen LogP contribution is 2.36. The minimum Gasteiger partial charge on any atom is -0.398 e. The van der Waals surface area contributed by atoms with Gasteiger partial charge in [0.1, 0.15) is 0 Å². The molecule has 0 aromatic heterocycles. The zero-order valence-corrected chi connectivity index (χ0v) is 11.1. The molecule has 2 aromatic rings. The predicted molar refractivity (Wildman–Crippen MR) is 76.5 cm³/mol. The minimum absolute atomic E-state index is 0.457. The average molecular weight is 227 g/mol. The fourth-order valence-corrected chi connectivity index (χ4v) is 2.51. The summed E-state index contributed by atoms with van der Waals surface area (Å²) >= 11 is 0. The first-order valence-electron chi connectivity index (χ1n) is 6.33. The van der Waals surface area contributed by atoms with E-state index < -0.39 is 0 Å². The van der Waals surface area contributed by atoms with Crippen molar-refractivity contribution in [3.63, 3.8) is 0 Å². The highest BCUT2D eigenvalue weighted by atomic mass is 14.6. The predicted octanol–water partition coefficient (Wildman–Crippen LogP) is 4.67. The van der Waals surface area contributed by atoms with E-state index in [1.807, 2.05) is 0 Å². The van der Waals surface area contributed by atoms with Gasteiger partial charge in [0, 0.05) is 5.69 Å². The molecule has 1 nitrogen and oxygen atoms in total. The number of nitrogens with two attached hydrogens (primary N) is 1. The molecule has 0 radical (unpaired) electrons. The SMILES string of the molecule is CC(C)c1cc2ccccc2c(C(C)C)c1N. The molecule has 90 valence electrons. The lowest BCUT2D eigenvalue weighted by molar-refractivity contribution is 0.847. The van der Waals surface area contributed by atoms with Crippen molar-refractivity contribution in [3.05, 3.63) is 41.5 Å². The van der Waals surface area contributed by atoms with E-state index in [9.17, 15) is 0 Å². The Morgan fingerprint density at radius 1 is 0.941 bits per heavy atom. The lowest BCUT2D eigenvalue weighted by Gasteiger charge is -2.19. The van der Waals surface area contributed by atoms with Gasteiger partial charge in [0.15, 0.2) is 0 Å². The third-order valence-corrected chi connectivity index (χ3v) is 3.36. The Kier molecular flexibility index (Phi) is 3.10. The van der Waals surface area contributed by atoms with Crippen molar-refractivity contribution in [1.82, 2.24) is 0 Å². The number of benzene rings is 2. The van der Waals surface area contributed by atoms with E-state index in [1.54, 1.807) is 0 Å². The summed E-state index contributed by atoms with van der Waals surface area (Å²) in [5, 5.41) is 2.60. The van der Waals surface area contributed by atoms with Gasteiger partial charge in [-0.2, -0.15) is 0 Å². The van der Waals surface area contributed by atoms with Crippen LogP contribution in [0, 0.1) is 0 Å². The second kappa shape index (κ2) is 4.40. The molecule has 0 aliphatic carbocycles. The molecule has 0 bridgehead atoms. The molecule has 0 aliphatic rings. The maximum absolute atomic E-state index is 6.35. The van der Waals surface area contributed by atoms with Gasteiger partial charge in [0.25, 0.3) is 0 Å². The molecule has 0 fully saturated rings. The topological polar surface area (TPSA) is 26.0 Å². The van der Waals surface area contributed by atoms with Crippen LogP contribution < -0.4 is 5.73 Å². The highest BCUT2D eigenvalue weighted by Gasteiger charge is 2.15. The number of hydrogen-bond acceptors (Lipinski definition) is 1. The number of fused-ring (bicyclic) bond motifs is 1. The van der Waals surface area contributed by atoms with E-state index in [4.69, 9.17) is 5.73 Å². The third kappa shape index (κ3) is 2.02. The summed E-state index contributed by atoms with van der Waals surface area (Å²) in [7, 11) is 0. The molecule has 0 saturated heterocycles. The summed E-state index contributed by atoms with van der Waals surface area (Å²) in [6.45, 7) is 8.82. The Bertz CT molecular complexity index is 538. The van der Waals surface area contributed by atoms with Crippen LogP contribution in [0.15, 0.2) is 30.3 Å². The zero-order chi connectivity index (χ0) is 12.6. The molecule has 1 heteroatoms. The lowest BCUT2D eigenvalue weighted by atomic mass is 9.88. The Balaban J connectivity index is 2.85. The second-order valence-electron chi connectivity index (χ2n) is 5.32. The van der Waals surface area contributed by atoms with E-state index >= 15 is 0 Å². The molecule has 0 atom stereocenters. The molecule has 0 unspecified atom stereocenters. The first kappa shape index (κ1) is 12.0. The van der Waals surface area contributed by atoms with E-state index in [0.717, 1.165) is 5.69 Å². The van der Waals surface area contributed by atoms with Crippen LogP contribution >= 0.6 is 0 Å². The zero-order valence-electron chi connectivity index (χ0n) is 11.1. The van der Waals surface area contributed by atoms with Crippen molar-refractivity contribution in [2.75, 3.05) is 5.73 Å². The van der Waals surface area contributed by atoms with Gasteiger partial charge in [-0.3, -0.25) is 0 Å². The summed E-state index contributed by atoms with van der Waals surface area (Å²) in [5.74, 6) is 0.927. The number of anilines is 1. The average Bonchev–Trinajstić information content (AvgIpc) is 2.27. The molecule has 2 aromatic carbocycles. The highest BCUT2D eigenvalue weighted by molar-refractivity contribution is 5.91. The normalized spacial score (nSPS) is 11.6. The summed E-state index contributed by atoms with van der Waals surface area (Å²) in [6, 6.07) is 10.8. The molecular formula is C16H21N. The van der Waals surface area contributed by atoms with Gasteiger partial charge in [0.2, 0.25) is 0 Å². The van der Waals surface area contributed by atoms with Gasteiger partial charge in [-0.1, -0.05) is 52.0 Å². The minimum atomic E-state index is 0.457. The third-order valence-electron chi connectivity index (χ3n) is 3.36. The Hall–Kier alpha value is -1.50. The van der Waals surface area contributed by atoms with Gasteiger partial charge >= 0.3 is 0 Å². The lowest BCUT2D eigenvalue weighted by Crippen LogP contribution is -2.04. The Morgan fingerprint density at radius 3 is 2.18 bits per heavy atom. The summed E-state index contributed by atoms with van der Waals surface area (Å²) in [6.07, 6.45) is 0. The Labute approximate surface area is 104 Å². The number of rotatable bonds is 2. The molecular weight excluding hydrogens is 206 g/mol. The quantitative estimate of drug-likeness (QED) is 0.741. The van der Waals surface area contributed by atoms with Gasteiger partial charge in [-0.15, -0.1) is 0 Å². The summed E-state index contributed by atoms with van der Waals surface area (Å²) in [4.78, 5) is 0. The monoisotopic (exact) mass is 227 g/mol. The molecule has 0 amide bonds. The van der Waals surface area contributed by atoms with Crippen molar-refractivity contribution < 1.29 is 0 Å². The van der Waals surface area contributed by atoms with E-state index in [-0.39, 0.29) is 0 Å². The van der Waals surface area contributed by atoms with Crippen LogP contribution in [-0.2, 0) is 0 Å². The van der Waals surface area contributed by atoms with Crippen LogP contribution in [0.1, 0.15) is 50.7 Å². The van der Waals surface area contributed by atoms with Crippen LogP contribution in [0.5, 0.6) is 0 Å². The van der Waals surface area contributed by atoms with Crippen LogP contribution in [-0.4, -0.2) is 0 Å². The van der Waals surface area contributed by atoms with Crippen molar-refractivity contribution in [2.45, 2.75) is 39.5 Å². The fourth-order valence-electron chi connectivity index (χ4n) is 2.51. The molecule has 2 N–H and O–H groups in total. The van der Waals surface area contributed by atoms with Crippen LogP contribution in [0.4, 0.5) is 5.69 Å². The van der Waals surface area contributed by atoms with Crippen molar-refractivity contribution in [3.8, 4) is 0 Å². The first-order valence-corrected chi connectivity index (χ1v) is 6.33. The number of hydrogen-bond donors (Lipinski definition) is 1. The van der Waals surface area contributed by atoms with Crippen LogP contribution in [0.2, 0.25) is 0 Å². The Morgan fingerprint density at radius 2 is 1.59 bits per heavy atom. The van der Waals surface area contributed by atoms with Crippen LogP contribution in [0.25, 0.3) is 10.8 Å². The van der Waals surface area contributed by atoms with Crippen molar-refractivity contribution in [2.24, 2.45) is 0 Å². The standard InChI is InChI=1S/C16H21N/c1-10(2)14-9-12-7-5-6-8-13(12)15(11(3)4)16(14)17/h5-11H,17H2,1-4H3. The smallest absolute Gasteiger partial charge is 0.0390 e. The van der Waals surface area contributed by atoms with Gasteiger partial charge in [0.05, 0.1) is 0 Å². The van der Waals surface area contributed by atoms with Crippen LogP contribution in [0.3, 0.4) is 0 Å². The number of nitrogen functional groups attached to an aromatic ring is 1. The van der Waals surface area contributed by atoms with E-state index in [1.165, 1.54) is 21.9 Å². The molecule has 17 heavy (non-hydrogen) atoms. The molecule has 2 rings (SSSR count). The molecule has 0 saturated carbocycles. The largest absolute Gasteiger partial charge is 0.398 e. The fraction of sp³-hybridized carbons (Fsp3) is 0.375. The summed E-state index contributed by atoms with van der Waals surface area (Å²) in [5.41, 5.74) is 9.90. The molecule has 0 heterocycles. The second-order valence-corrected chi connectivity index (χ2v) is 5.32. The first-order chi connectivity index (χ1) is 8.02. The maximum atomic E-state index is 6.35. The summed E-state index contributed by atoms with van der Waals surface area (Å²) < 4.78 is 0. The molecule has 0 spiro atoms. The van der Waals surface area contributed by atoms with Crippen molar-refractivity contribution in [1.29, 1.82) is 0 Å². The maximum Gasteiger partial charge on any atom is 0.0390 e. The van der Waals surface area contributed by atoms with Gasteiger partial charge < -0.3 is 5.73 Å². The van der Waals surface area contributed by atoms with Crippen molar-refractivity contribution >= 4 is 16.5 Å². The van der Waals surface area contributed by atoms with E-state index in [0.29, 0.717) is 11.8 Å². The van der Waals surface area contributed by atoms with E-state index in [2.05, 4.69) is 58.0 Å².